The minimum absolute atomic E-state index is 0.335. The van der Waals surface area contributed by atoms with Gasteiger partial charge in [0.05, 0.1) is 6.61 Å². The van der Waals surface area contributed by atoms with Gasteiger partial charge in [-0.15, -0.1) is 0 Å². The maximum Gasteiger partial charge on any atom is 0.0589 e. The first-order valence-electron chi connectivity index (χ1n) is 7.95. The molecule has 1 aliphatic heterocycles. The third-order valence-corrected chi connectivity index (χ3v) is 5.15. The van der Waals surface area contributed by atoms with Gasteiger partial charge in [0.15, 0.2) is 0 Å². The van der Waals surface area contributed by atoms with Crippen LogP contribution in [0.15, 0.2) is 0 Å². The van der Waals surface area contributed by atoms with E-state index in [1.807, 2.05) is 7.11 Å². The zero-order valence-corrected chi connectivity index (χ0v) is 13.3. The van der Waals surface area contributed by atoms with Crippen molar-refractivity contribution in [2.75, 3.05) is 33.4 Å². The second-order valence-corrected chi connectivity index (χ2v) is 7.52. The summed E-state index contributed by atoms with van der Waals surface area (Å²) in [7, 11) is 1.82. The van der Waals surface area contributed by atoms with Crippen LogP contribution in [-0.2, 0) is 4.74 Å². The Morgan fingerprint density at radius 3 is 2.47 bits per heavy atom. The summed E-state index contributed by atoms with van der Waals surface area (Å²) < 4.78 is 5.34. The molecule has 1 heterocycles. The Balaban J connectivity index is 2.07. The number of methoxy groups -OCH3 is 1. The van der Waals surface area contributed by atoms with Crippen molar-refractivity contribution in [2.24, 2.45) is 5.41 Å². The lowest BCUT2D eigenvalue weighted by molar-refractivity contribution is -0.0225. The summed E-state index contributed by atoms with van der Waals surface area (Å²) in [4.78, 5) is 2.74. The van der Waals surface area contributed by atoms with E-state index in [-0.39, 0.29) is 0 Å². The Hall–Kier alpha value is -0.120. The lowest BCUT2D eigenvalue weighted by Crippen LogP contribution is -2.67. The third kappa shape index (κ3) is 3.50. The molecule has 1 N–H and O–H groups in total. The van der Waals surface area contributed by atoms with Crippen molar-refractivity contribution in [1.29, 1.82) is 0 Å². The summed E-state index contributed by atoms with van der Waals surface area (Å²) in [6.45, 7) is 11.3. The summed E-state index contributed by atoms with van der Waals surface area (Å²) >= 11 is 0. The second kappa shape index (κ2) is 6.11. The van der Waals surface area contributed by atoms with Gasteiger partial charge in [0.25, 0.3) is 0 Å². The van der Waals surface area contributed by atoms with Crippen LogP contribution >= 0.6 is 0 Å². The van der Waals surface area contributed by atoms with E-state index in [0.717, 1.165) is 13.2 Å². The number of piperazine rings is 1. The fraction of sp³-hybridized carbons (Fsp3) is 1.00. The maximum atomic E-state index is 5.34. The van der Waals surface area contributed by atoms with Crippen LogP contribution in [0.25, 0.3) is 0 Å². The van der Waals surface area contributed by atoms with Crippen LogP contribution in [-0.4, -0.2) is 49.8 Å². The summed E-state index contributed by atoms with van der Waals surface area (Å²) in [6, 6.07) is 0.594. The van der Waals surface area contributed by atoms with Gasteiger partial charge in [-0.1, -0.05) is 40.0 Å². The Kier molecular flexibility index (Phi) is 4.91. The lowest BCUT2D eigenvalue weighted by Gasteiger charge is -2.54. The highest BCUT2D eigenvalue weighted by molar-refractivity contribution is 5.02. The minimum Gasteiger partial charge on any atom is -0.383 e. The number of ether oxygens (including phenoxy) is 1. The molecule has 1 aliphatic carbocycles. The van der Waals surface area contributed by atoms with Gasteiger partial charge in [-0.05, 0) is 18.3 Å². The second-order valence-electron chi connectivity index (χ2n) is 7.52. The van der Waals surface area contributed by atoms with Crippen LogP contribution in [0, 0.1) is 5.41 Å². The number of rotatable bonds is 3. The molecule has 2 rings (SSSR count). The van der Waals surface area contributed by atoms with E-state index >= 15 is 0 Å². The zero-order valence-electron chi connectivity index (χ0n) is 13.3. The summed E-state index contributed by atoms with van der Waals surface area (Å²) in [5.74, 6) is 0. The molecule has 0 aromatic carbocycles. The Morgan fingerprint density at radius 2 is 1.89 bits per heavy atom. The first kappa shape index (κ1) is 15.3. The van der Waals surface area contributed by atoms with Gasteiger partial charge >= 0.3 is 0 Å². The summed E-state index contributed by atoms with van der Waals surface area (Å²) in [5.41, 5.74) is 0.750. The van der Waals surface area contributed by atoms with Crippen molar-refractivity contribution in [3.8, 4) is 0 Å². The van der Waals surface area contributed by atoms with Gasteiger partial charge < -0.3 is 10.1 Å². The van der Waals surface area contributed by atoms with Crippen LogP contribution in [0.3, 0.4) is 0 Å². The Morgan fingerprint density at radius 1 is 1.21 bits per heavy atom. The molecule has 0 aromatic heterocycles. The van der Waals surface area contributed by atoms with Crippen LogP contribution in [0.2, 0.25) is 0 Å². The van der Waals surface area contributed by atoms with E-state index < -0.39 is 0 Å². The number of nitrogens with zero attached hydrogens (tertiary/aromatic N) is 1. The first-order chi connectivity index (χ1) is 8.98. The molecule has 3 heteroatoms. The molecule has 1 atom stereocenters. The lowest BCUT2D eigenvalue weighted by atomic mass is 9.75. The summed E-state index contributed by atoms with van der Waals surface area (Å²) in [5, 5.41) is 3.84. The molecule has 0 amide bonds. The van der Waals surface area contributed by atoms with Gasteiger partial charge in [0, 0.05) is 38.3 Å². The largest absolute Gasteiger partial charge is 0.383 e. The monoisotopic (exact) mass is 268 g/mol. The fourth-order valence-electron chi connectivity index (χ4n) is 3.72. The highest BCUT2D eigenvalue weighted by Crippen LogP contribution is 2.37. The van der Waals surface area contributed by atoms with Gasteiger partial charge in [-0.3, -0.25) is 4.90 Å². The van der Waals surface area contributed by atoms with Crippen molar-refractivity contribution >= 4 is 0 Å². The fourth-order valence-corrected chi connectivity index (χ4v) is 3.72. The standard InChI is InChI=1S/C16H32N2O/c1-15(2,3)14-12-18(10-11-19-4)16(13-17-14)8-6-5-7-9-16/h14,17H,5-13H2,1-4H3. The van der Waals surface area contributed by atoms with E-state index in [4.69, 9.17) is 4.74 Å². The Bertz CT molecular complexity index is 279. The average molecular weight is 268 g/mol. The predicted octanol–water partition coefficient (Wildman–Crippen LogP) is 2.66. The van der Waals surface area contributed by atoms with Gasteiger partial charge in [-0.2, -0.15) is 0 Å². The first-order valence-corrected chi connectivity index (χ1v) is 7.95. The molecule has 0 radical (unpaired) electrons. The predicted molar refractivity (Wildman–Crippen MR) is 80.5 cm³/mol. The molecule has 1 unspecified atom stereocenters. The number of hydrogen-bond acceptors (Lipinski definition) is 3. The molecule has 1 saturated carbocycles. The highest BCUT2D eigenvalue weighted by atomic mass is 16.5. The van der Waals surface area contributed by atoms with Gasteiger partial charge in [0.2, 0.25) is 0 Å². The van der Waals surface area contributed by atoms with Crippen LogP contribution in [0.1, 0.15) is 52.9 Å². The number of nitrogens with one attached hydrogen (secondary N) is 1. The molecule has 1 spiro atoms. The van der Waals surface area contributed by atoms with Crippen molar-refractivity contribution in [3.05, 3.63) is 0 Å². The third-order valence-electron chi connectivity index (χ3n) is 5.15. The molecule has 3 nitrogen and oxygen atoms in total. The smallest absolute Gasteiger partial charge is 0.0589 e. The molecule has 19 heavy (non-hydrogen) atoms. The average Bonchev–Trinajstić information content (AvgIpc) is 2.37. The van der Waals surface area contributed by atoms with E-state index in [0.29, 0.717) is 17.0 Å². The van der Waals surface area contributed by atoms with Crippen molar-refractivity contribution in [3.63, 3.8) is 0 Å². The van der Waals surface area contributed by atoms with E-state index in [9.17, 15) is 0 Å². The van der Waals surface area contributed by atoms with Crippen molar-refractivity contribution in [1.82, 2.24) is 10.2 Å². The molecule has 2 fully saturated rings. The van der Waals surface area contributed by atoms with Crippen molar-refractivity contribution < 1.29 is 4.74 Å². The van der Waals surface area contributed by atoms with Crippen LogP contribution < -0.4 is 5.32 Å². The van der Waals surface area contributed by atoms with Gasteiger partial charge in [0.1, 0.15) is 0 Å². The molecular weight excluding hydrogens is 236 g/mol. The topological polar surface area (TPSA) is 24.5 Å². The molecule has 0 bridgehead atoms. The SMILES string of the molecule is COCCN1CC(C(C)(C)C)NCC12CCCCC2. The zero-order chi connectivity index (χ0) is 13.9. The highest BCUT2D eigenvalue weighted by Gasteiger charge is 2.44. The normalized spacial score (nSPS) is 28.7. The van der Waals surface area contributed by atoms with Crippen LogP contribution in [0.4, 0.5) is 0 Å². The molecule has 2 aliphatic rings. The molecule has 1 saturated heterocycles. The van der Waals surface area contributed by atoms with E-state index in [1.54, 1.807) is 0 Å². The van der Waals surface area contributed by atoms with E-state index in [1.165, 1.54) is 45.2 Å². The molecule has 0 aromatic rings. The minimum atomic E-state index is 0.335. The van der Waals surface area contributed by atoms with E-state index in [2.05, 4.69) is 31.0 Å². The van der Waals surface area contributed by atoms with Crippen LogP contribution in [0.5, 0.6) is 0 Å². The van der Waals surface area contributed by atoms with Crippen molar-refractivity contribution in [2.45, 2.75) is 64.5 Å². The quantitative estimate of drug-likeness (QED) is 0.851. The Labute approximate surface area is 119 Å². The molecular formula is C16H32N2O. The molecule has 112 valence electrons. The van der Waals surface area contributed by atoms with Gasteiger partial charge in [-0.25, -0.2) is 0 Å². The maximum absolute atomic E-state index is 5.34. The number of hydrogen-bond donors (Lipinski definition) is 1. The summed E-state index contributed by atoms with van der Waals surface area (Å²) in [6.07, 6.45) is 6.93.